The molecule has 1 aliphatic heterocycles. The van der Waals surface area contributed by atoms with Crippen LogP contribution >= 0.6 is 11.8 Å². The van der Waals surface area contributed by atoms with Crippen LogP contribution in [0.25, 0.3) is 17.0 Å². The molecule has 4 heteroatoms. The predicted octanol–water partition coefficient (Wildman–Crippen LogP) is 5.03. The summed E-state index contributed by atoms with van der Waals surface area (Å²) in [5.41, 5.74) is 8.76. The van der Waals surface area contributed by atoms with Gasteiger partial charge >= 0.3 is 0 Å². The van der Waals surface area contributed by atoms with Gasteiger partial charge in [-0.3, -0.25) is 0 Å². The number of hydrogen-bond donors (Lipinski definition) is 0. The largest absolute Gasteiger partial charge is 0.447 e. The molecule has 3 heterocycles. The molecule has 3 nitrogen and oxygen atoms in total. The summed E-state index contributed by atoms with van der Waals surface area (Å²) in [5, 5.41) is 3.35. The number of aromatic nitrogens is 1. The van der Waals surface area contributed by atoms with Gasteiger partial charge in [0.25, 0.3) is 0 Å². The molecular formula is C21H23N2OS+. The fourth-order valence-electron chi connectivity index (χ4n) is 3.55. The summed E-state index contributed by atoms with van der Waals surface area (Å²) in [6, 6.07) is 8.24. The Labute approximate surface area is 153 Å². The molecule has 0 atom stereocenters. The van der Waals surface area contributed by atoms with Crippen LogP contribution in [0.2, 0.25) is 0 Å². The first-order valence-electron chi connectivity index (χ1n) is 8.51. The van der Waals surface area contributed by atoms with Gasteiger partial charge in [0.1, 0.15) is 18.3 Å². The number of furan rings is 1. The molecule has 0 bridgehead atoms. The molecule has 128 valence electrons. The van der Waals surface area contributed by atoms with Crippen LogP contribution in [0, 0.1) is 27.7 Å². The molecule has 0 unspecified atom stereocenters. The summed E-state index contributed by atoms with van der Waals surface area (Å²) in [7, 11) is 4.27. The van der Waals surface area contributed by atoms with Crippen molar-refractivity contribution in [1.29, 1.82) is 0 Å². The zero-order valence-electron chi connectivity index (χ0n) is 15.6. The van der Waals surface area contributed by atoms with Crippen LogP contribution < -0.4 is 9.47 Å². The number of anilines is 1. The number of para-hydroxylation sites is 1. The van der Waals surface area contributed by atoms with Gasteiger partial charge in [0.15, 0.2) is 10.8 Å². The van der Waals surface area contributed by atoms with Crippen molar-refractivity contribution in [2.45, 2.75) is 32.8 Å². The normalized spacial score (nSPS) is 15.4. The number of thioether (sulfide) groups is 1. The lowest BCUT2D eigenvalue weighted by Gasteiger charge is -2.15. The van der Waals surface area contributed by atoms with Gasteiger partial charge in [0.05, 0.1) is 5.03 Å². The Bertz CT molecular complexity index is 1020. The highest BCUT2D eigenvalue weighted by molar-refractivity contribution is 8.03. The van der Waals surface area contributed by atoms with Crippen molar-refractivity contribution in [2.75, 3.05) is 11.9 Å². The summed E-state index contributed by atoms with van der Waals surface area (Å²) >= 11 is 1.71. The summed E-state index contributed by atoms with van der Waals surface area (Å²) in [6.45, 7) is 8.81. The molecule has 3 aromatic rings. The van der Waals surface area contributed by atoms with Crippen LogP contribution in [0.3, 0.4) is 0 Å². The van der Waals surface area contributed by atoms with Crippen molar-refractivity contribution < 1.29 is 8.98 Å². The zero-order valence-corrected chi connectivity index (χ0v) is 16.4. The number of nitrogens with zero attached hydrogens (tertiary/aromatic N) is 2. The molecule has 0 spiro atoms. The summed E-state index contributed by atoms with van der Waals surface area (Å²) in [5.74, 6) is 0. The molecule has 0 fully saturated rings. The molecule has 0 amide bonds. The van der Waals surface area contributed by atoms with Crippen molar-refractivity contribution in [3.8, 4) is 0 Å². The molecule has 1 aliphatic rings. The molecule has 0 aliphatic carbocycles. The highest BCUT2D eigenvalue weighted by atomic mass is 32.2. The van der Waals surface area contributed by atoms with E-state index in [1.165, 1.54) is 44.2 Å². The molecule has 0 saturated carbocycles. The van der Waals surface area contributed by atoms with E-state index in [0.29, 0.717) is 0 Å². The topological polar surface area (TPSA) is 20.3 Å². The molecule has 2 aromatic heterocycles. The van der Waals surface area contributed by atoms with Gasteiger partial charge in [0.2, 0.25) is 5.69 Å². The lowest BCUT2D eigenvalue weighted by molar-refractivity contribution is -0.680. The van der Waals surface area contributed by atoms with Crippen LogP contribution in [0.1, 0.15) is 28.1 Å². The Balaban J connectivity index is 1.84. The lowest BCUT2D eigenvalue weighted by Crippen LogP contribution is -2.38. The van der Waals surface area contributed by atoms with Crippen LogP contribution in [-0.2, 0) is 7.05 Å². The van der Waals surface area contributed by atoms with Crippen LogP contribution in [0.4, 0.5) is 5.69 Å². The zero-order chi connectivity index (χ0) is 17.9. The second-order valence-corrected chi connectivity index (χ2v) is 7.78. The average Bonchev–Trinajstić information content (AvgIpc) is 3.12. The van der Waals surface area contributed by atoms with Gasteiger partial charge in [-0.15, -0.1) is 0 Å². The van der Waals surface area contributed by atoms with Crippen LogP contribution in [0.5, 0.6) is 0 Å². The maximum atomic E-state index is 6.05. The standard InChI is InChI=1S/C21H23N2OS/c1-12-13(2)15(4)22(5)17(14(12)3)11-19-23(6)20-16-9-7-8-10-18(16)24-21(20)25-19/h7-11H,1-6H3/q+1. The van der Waals surface area contributed by atoms with Gasteiger partial charge in [0, 0.05) is 36.6 Å². The van der Waals surface area contributed by atoms with Crippen molar-refractivity contribution in [1.82, 2.24) is 0 Å². The number of pyridine rings is 1. The van der Waals surface area contributed by atoms with Crippen LogP contribution in [-0.4, -0.2) is 7.05 Å². The maximum absolute atomic E-state index is 6.05. The second-order valence-electron chi connectivity index (χ2n) is 6.78. The quantitative estimate of drug-likeness (QED) is 0.573. The highest BCUT2D eigenvalue weighted by Crippen LogP contribution is 2.51. The summed E-state index contributed by atoms with van der Waals surface area (Å²) in [4.78, 5) is 2.25. The minimum Gasteiger partial charge on any atom is -0.447 e. The van der Waals surface area contributed by atoms with Crippen LogP contribution in [0.15, 0.2) is 38.8 Å². The van der Waals surface area contributed by atoms with Crippen molar-refractivity contribution >= 4 is 34.5 Å². The minimum absolute atomic E-state index is 0.953. The Hall–Kier alpha value is -2.20. The fraction of sp³-hybridized carbons (Fsp3) is 0.286. The molecular weight excluding hydrogens is 328 g/mol. The van der Waals surface area contributed by atoms with E-state index < -0.39 is 0 Å². The highest BCUT2D eigenvalue weighted by Gasteiger charge is 2.30. The first-order valence-corrected chi connectivity index (χ1v) is 9.33. The van der Waals surface area contributed by atoms with Crippen molar-refractivity contribution in [3.63, 3.8) is 0 Å². The van der Waals surface area contributed by atoms with Gasteiger partial charge < -0.3 is 9.32 Å². The molecule has 1 aromatic carbocycles. The van der Waals surface area contributed by atoms with E-state index in [0.717, 1.165) is 10.7 Å². The number of hydrogen-bond acceptors (Lipinski definition) is 3. The van der Waals surface area contributed by atoms with E-state index in [1.807, 2.05) is 12.1 Å². The van der Waals surface area contributed by atoms with E-state index >= 15 is 0 Å². The first-order chi connectivity index (χ1) is 11.9. The third-order valence-electron chi connectivity index (χ3n) is 5.58. The van der Waals surface area contributed by atoms with E-state index in [4.69, 9.17) is 4.42 Å². The Kier molecular flexibility index (Phi) is 3.69. The van der Waals surface area contributed by atoms with Crippen molar-refractivity contribution in [2.24, 2.45) is 7.05 Å². The Morgan fingerprint density at radius 3 is 2.52 bits per heavy atom. The van der Waals surface area contributed by atoms with E-state index in [9.17, 15) is 0 Å². The van der Waals surface area contributed by atoms with E-state index in [-0.39, 0.29) is 0 Å². The SMILES string of the molecule is Cc1c(C)c(C)[n+](C)c(/C=C2\Sc3oc4ccccc4c3N2C)c1C. The molecule has 4 rings (SSSR count). The van der Waals surface area contributed by atoms with E-state index in [1.54, 1.807) is 11.8 Å². The molecule has 0 saturated heterocycles. The third kappa shape index (κ3) is 2.31. The minimum atomic E-state index is 0.953. The maximum Gasteiger partial charge on any atom is 0.211 e. The number of fused-ring (bicyclic) bond motifs is 3. The predicted molar refractivity (Wildman–Crippen MR) is 105 cm³/mol. The third-order valence-corrected chi connectivity index (χ3v) is 6.64. The molecule has 0 N–H and O–H groups in total. The van der Waals surface area contributed by atoms with Gasteiger partial charge in [-0.2, -0.15) is 4.57 Å². The number of benzene rings is 1. The van der Waals surface area contributed by atoms with Gasteiger partial charge in [-0.1, -0.05) is 12.1 Å². The smallest absolute Gasteiger partial charge is 0.211 e. The Morgan fingerprint density at radius 2 is 1.76 bits per heavy atom. The second kappa shape index (κ2) is 5.67. The average molecular weight is 351 g/mol. The lowest BCUT2D eigenvalue weighted by atomic mass is 10.0. The first kappa shape index (κ1) is 16.3. The van der Waals surface area contributed by atoms with E-state index in [2.05, 4.69) is 69.5 Å². The summed E-state index contributed by atoms with van der Waals surface area (Å²) < 4.78 is 8.34. The Morgan fingerprint density at radius 1 is 1.04 bits per heavy atom. The fourth-order valence-corrected chi connectivity index (χ4v) is 4.61. The number of rotatable bonds is 1. The van der Waals surface area contributed by atoms with Crippen molar-refractivity contribution in [3.05, 3.63) is 57.4 Å². The molecule has 25 heavy (non-hydrogen) atoms. The monoisotopic (exact) mass is 351 g/mol. The van der Waals surface area contributed by atoms with Gasteiger partial charge in [-0.05, 0) is 50.2 Å². The summed E-state index contributed by atoms with van der Waals surface area (Å²) in [6.07, 6.45) is 2.28. The van der Waals surface area contributed by atoms with Gasteiger partial charge in [-0.25, -0.2) is 0 Å². The molecule has 0 radical (unpaired) electrons.